The van der Waals surface area contributed by atoms with Gasteiger partial charge >= 0.3 is 0 Å². The van der Waals surface area contributed by atoms with Gasteiger partial charge in [0, 0.05) is 13.1 Å². The molecule has 0 aliphatic carbocycles. The van der Waals surface area contributed by atoms with Crippen molar-refractivity contribution in [3.63, 3.8) is 0 Å². The number of carbonyl (C=O) groups excluding carboxylic acids is 1. The first-order valence-corrected chi connectivity index (χ1v) is 6.86. The second-order valence-electron chi connectivity index (χ2n) is 5.12. The Hall–Kier alpha value is -2.17. The highest BCUT2D eigenvalue weighted by atomic mass is 16.6. The normalized spacial score (nSPS) is 14.8. The standard InChI is InChI=1S/C15H17N3O2/c1-11-14(17-20-16-11)10-15(19)18-8-6-12-4-2-3-5-13(12)7-9-18/h2-5H,6-10H2,1H3. The van der Waals surface area contributed by atoms with Gasteiger partial charge in [0.25, 0.3) is 0 Å². The lowest BCUT2D eigenvalue weighted by atomic mass is 10.0. The number of aromatic nitrogens is 2. The number of benzene rings is 1. The molecular weight excluding hydrogens is 254 g/mol. The van der Waals surface area contributed by atoms with Crippen LogP contribution in [0.15, 0.2) is 28.9 Å². The van der Waals surface area contributed by atoms with Crippen LogP contribution in [0.2, 0.25) is 0 Å². The van der Waals surface area contributed by atoms with E-state index >= 15 is 0 Å². The first-order chi connectivity index (χ1) is 9.74. The molecule has 5 heteroatoms. The Bertz CT molecular complexity index is 594. The topological polar surface area (TPSA) is 59.2 Å². The fourth-order valence-electron chi connectivity index (χ4n) is 2.58. The van der Waals surface area contributed by atoms with E-state index in [-0.39, 0.29) is 12.3 Å². The Morgan fingerprint density at radius 1 is 1.20 bits per heavy atom. The van der Waals surface area contributed by atoms with Gasteiger partial charge in [0.2, 0.25) is 5.91 Å². The fourth-order valence-corrected chi connectivity index (χ4v) is 2.58. The Balaban J connectivity index is 1.68. The molecule has 0 atom stereocenters. The van der Waals surface area contributed by atoms with Crippen LogP contribution in [0.25, 0.3) is 0 Å². The van der Waals surface area contributed by atoms with Crippen molar-refractivity contribution in [3.05, 3.63) is 46.8 Å². The molecule has 0 bridgehead atoms. The minimum absolute atomic E-state index is 0.0941. The predicted octanol–water partition coefficient (Wildman–Crippen LogP) is 1.55. The van der Waals surface area contributed by atoms with Gasteiger partial charge in [0.1, 0.15) is 11.4 Å². The Morgan fingerprint density at radius 2 is 1.85 bits per heavy atom. The molecule has 0 fully saturated rings. The quantitative estimate of drug-likeness (QED) is 0.831. The number of carbonyl (C=O) groups is 1. The molecule has 5 nitrogen and oxygen atoms in total. The fraction of sp³-hybridized carbons (Fsp3) is 0.400. The minimum Gasteiger partial charge on any atom is -0.342 e. The lowest BCUT2D eigenvalue weighted by molar-refractivity contribution is -0.130. The van der Waals surface area contributed by atoms with Gasteiger partial charge in [-0.2, -0.15) is 0 Å². The van der Waals surface area contributed by atoms with Crippen LogP contribution in [0.4, 0.5) is 0 Å². The van der Waals surface area contributed by atoms with Gasteiger partial charge in [-0.1, -0.05) is 34.6 Å². The summed E-state index contributed by atoms with van der Waals surface area (Å²) in [5, 5.41) is 7.49. The molecule has 0 saturated heterocycles. The van der Waals surface area contributed by atoms with E-state index in [2.05, 4.69) is 39.2 Å². The van der Waals surface area contributed by atoms with Crippen LogP contribution in [-0.4, -0.2) is 34.2 Å². The second kappa shape index (κ2) is 5.45. The summed E-state index contributed by atoms with van der Waals surface area (Å²) < 4.78 is 4.64. The second-order valence-corrected chi connectivity index (χ2v) is 5.12. The molecule has 0 radical (unpaired) electrons. The zero-order valence-corrected chi connectivity index (χ0v) is 11.5. The van der Waals surface area contributed by atoms with Crippen LogP contribution in [0.5, 0.6) is 0 Å². The van der Waals surface area contributed by atoms with Crippen molar-refractivity contribution in [2.75, 3.05) is 13.1 Å². The average molecular weight is 271 g/mol. The van der Waals surface area contributed by atoms with Crippen molar-refractivity contribution in [2.45, 2.75) is 26.2 Å². The molecule has 1 aliphatic heterocycles. The van der Waals surface area contributed by atoms with Crippen molar-refractivity contribution in [1.82, 2.24) is 15.2 Å². The summed E-state index contributed by atoms with van der Waals surface area (Å²) in [4.78, 5) is 14.2. The summed E-state index contributed by atoms with van der Waals surface area (Å²) in [7, 11) is 0. The third kappa shape index (κ3) is 2.57. The molecule has 2 aromatic rings. The van der Waals surface area contributed by atoms with Crippen molar-refractivity contribution in [3.8, 4) is 0 Å². The van der Waals surface area contributed by atoms with E-state index in [9.17, 15) is 4.79 Å². The van der Waals surface area contributed by atoms with E-state index in [1.54, 1.807) is 6.92 Å². The number of rotatable bonds is 2. The molecule has 20 heavy (non-hydrogen) atoms. The molecule has 1 aromatic heterocycles. The van der Waals surface area contributed by atoms with Crippen LogP contribution in [0.1, 0.15) is 22.5 Å². The SMILES string of the molecule is Cc1nonc1CC(=O)N1CCc2ccccc2CC1. The highest BCUT2D eigenvalue weighted by Gasteiger charge is 2.20. The van der Waals surface area contributed by atoms with Gasteiger partial charge in [-0.3, -0.25) is 4.79 Å². The Kier molecular flexibility index (Phi) is 3.50. The van der Waals surface area contributed by atoms with Gasteiger partial charge in [-0.25, -0.2) is 4.63 Å². The Labute approximate surface area is 117 Å². The number of amides is 1. The first-order valence-electron chi connectivity index (χ1n) is 6.86. The van der Waals surface area contributed by atoms with Crippen LogP contribution >= 0.6 is 0 Å². The summed E-state index contributed by atoms with van der Waals surface area (Å²) in [6.07, 6.45) is 2.10. The van der Waals surface area contributed by atoms with Gasteiger partial charge in [-0.15, -0.1) is 0 Å². The van der Waals surface area contributed by atoms with Crippen molar-refractivity contribution < 1.29 is 9.42 Å². The zero-order chi connectivity index (χ0) is 13.9. The number of hydrogen-bond acceptors (Lipinski definition) is 4. The summed E-state index contributed by atoms with van der Waals surface area (Å²) in [5.41, 5.74) is 4.03. The summed E-state index contributed by atoms with van der Waals surface area (Å²) >= 11 is 0. The smallest absolute Gasteiger partial charge is 0.228 e. The molecule has 1 aliphatic rings. The first kappa shape index (κ1) is 12.8. The molecule has 104 valence electrons. The molecule has 0 N–H and O–H groups in total. The van der Waals surface area contributed by atoms with E-state index < -0.39 is 0 Å². The van der Waals surface area contributed by atoms with Crippen LogP contribution in [0.3, 0.4) is 0 Å². The average Bonchev–Trinajstić information content (AvgIpc) is 2.75. The molecule has 3 rings (SSSR count). The summed E-state index contributed by atoms with van der Waals surface area (Å²) in [6, 6.07) is 8.41. The number of nitrogens with zero attached hydrogens (tertiary/aromatic N) is 3. The van der Waals surface area contributed by atoms with E-state index in [1.165, 1.54) is 11.1 Å². The highest BCUT2D eigenvalue weighted by Crippen LogP contribution is 2.16. The zero-order valence-electron chi connectivity index (χ0n) is 11.5. The maximum atomic E-state index is 12.3. The van der Waals surface area contributed by atoms with E-state index in [1.807, 2.05) is 4.90 Å². The van der Waals surface area contributed by atoms with E-state index in [0.717, 1.165) is 25.9 Å². The summed E-state index contributed by atoms with van der Waals surface area (Å²) in [5.74, 6) is 0.0941. The van der Waals surface area contributed by atoms with Crippen molar-refractivity contribution in [1.29, 1.82) is 0 Å². The molecule has 1 amide bonds. The predicted molar refractivity (Wildman–Crippen MR) is 73.2 cm³/mol. The molecule has 0 unspecified atom stereocenters. The van der Waals surface area contributed by atoms with Gasteiger partial charge in [0.15, 0.2) is 0 Å². The van der Waals surface area contributed by atoms with Crippen molar-refractivity contribution in [2.24, 2.45) is 0 Å². The maximum Gasteiger partial charge on any atom is 0.228 e. The molecule has 0 spiro atoms. The lowest BCUT2D eigenvalue weighted by Gasteiger charge is -2.19. The number of fused-ring (bicyclic) bond motifs is 1. The van der Waals surface area contributed by atoms with E-state index in [0.29, 0.717) is 11.4 Å². The third-order valence-electron chi connectivity index (χ3n) is 3.84. The van der Waals surface area contributed by atoms with Gasteiger partial charge in [0.05, 0.1) is 6.42 Å². The van der Waals surface area contributed by atoms with E-state index in [4.69, 9.17) is 0 Å². The number of aryl methyl sites for hydroxylation is 1. The largest absolute Gasteiger partial charge is 0.342 e. The lowest BCUT2D eigenvalue weighted by Crippen LogP contribution is -2.34. The minimum atomic E-state index is 0.0941. The Morgan fingerprint density at radius 3 is 2.40 bits per heavy atom. The molecule has 2 heterocycles. The summed E-state index contributed by atoms with van der Waals surface area (Å²) in [6.45, 7) is 3.33. The maximum absolute atomic E-state index is 12.3. The van der Waals surface area contributed by atoms with Crippen LogP contribution in [-0.2, 0) is 24.1 Å². The van der Waals surface area contributed by atoms with Gasteiger partial charge < -0.3 is 4.90 Å². The third-order valence-corrected chi connectivity index (χ3v) is 3.84. The highest BCUT2D eigenvalue weighted by molar-refractivity contribution is 5.78. The number of hydrogen-bond donors (Lipinski definition) is 0. The van der Waals surface area contributed by atoms with Crippen LogP contribution in [0, 0.1) is 6.92 Å². The monoisotopic (exact) mass is 271 g/mol. The molecular formula is C15H17N3O2. The molecule has 0 saturated carbocycles. The van der Waals surface area contributed by atoms with Crippen LogP contribution < -0.4 is 0 Å². The molecule has 1 aromatic carbocycles. The van der Waals surface area contributed by atoms with Crippen molar-refractivity contribution >= 4 is 5.91 Å². The van der Waals surface area contributed by atoms with Gasteiger partial charge in [-0.05, 0) is 30.9 Å².